The maximum Gasteiger partial charge on any atom is 0.191 e. The molecule has 0 bridgehead atoms. The van der Waals surface area contributed by atoms with Crippen LogP contribution < -0.4 is 15.4 Å². The zero-order valence-electron chi connectivity index (χ0n) is 16.5. The molecule has 1 atom stereocenters. The number of guanidine groups is 1. The predicted molar refractivity (Wildman–Crippen MR) is 107 cm³/mol. The standard InChI is InChI=1S/C20H34N4O2/c1-4-21-20(23-16-18(3)24-11-14-25-15-12-24)22-10-7-13-26-19-9-6-5-8-17(19)2/h5-6,8-9,18H,4,7,10-16H2,1-3H3,(H2,21,22,23). The number of hydrogen-bond acceptors (Lipinski definition) is 4. The second-order valence-electron chi connectivity index (χ2n) is 6.61. The fourth-order valence-corrected chi connectivity index (χ4v) is 2.88. The van der Waals surface area contributed by atoms with Crippen LogP contribution in [0.1, 0.15) is 25.8 Å². The molecule has 1 aromatic rings. The van der Waals surface area contributed by atoms with Crippen molar-refractivity contribution in [3.63, 3.8) is 0 Å². The summed E-state index contributed by atoms with van der Waals surface area (Å²) in [6.45, 7) is 13.2. The summed E-state index contributed by atoms with van der Waals surface area (Å²) in [6.07, 6.45) is 0.928. The molecular weight excluding hydrogens is 328 g/mol. The maximum atomic E-state index is 5.84. The van der Waals surface area contributed by atoms with E-state index in [0.717, 1.165) is 64.1 Å². The summed E-state index contributed by atoms with van der Waals surface area (Å²) in [5, 5.41) is 6.71. The first-order chi connectivity index (χ1) is 12.7. The average molecular weight is 363 g/mol. The predicted octanol–water partition coefficient (Wildman–Crippen LogP) is 2.04. The molecule has 1 aromatic carbocycles. The van der Waals surface area contributed by atoms with Gasteiger partial charge in [0.25, 0.3) is 0 Å². The van der Waals surface area contributed by atoms with E-state index in [1.165, 1.54) is 5.56 Å². The molecule has 0 spiro atoms. The molecule has 6 nitrogen and oxygen atoms in total. The minimum absolute atomic E-state index is 0.429. The Morgan fingerprint density at radius 1 is 1.27 bits per heavy atom. The quantitative estimate of drug-likeness (QED) is 0.400. The Hall–Kier alpha value is -1.79. The van der Waals surface area contributed by atoms with Crippen LogP contribution in [0.3, 0.4) is 0 Å². The lowest BCUT2D eigenvalue weighted by Crippen LogP contribution is -2.44. The van der Waals surface area contributed by atoms with E-state index in [1.54, 1.807) is 0 Å². The van der Waals surface area contributed by atoms with Gasteiger partial charge in [0.2, 0.25) is 0 Å². The maximum absolute atomic E-state index is 5.84. The highest BCUT2D eigenvalue weighted by molar-refractivity contribution is 5.79. The minimum Gasteiger partial charge on any atom is -0.493 e. The Balaban J connectivity index is 1.68. The summed E-state index contributed by atoms with van der Waals surface area (Å²) in [7, 11) is 0. The highest BCUT2D eigenvalue weighted by Crippen LogP contribution is 2.15. The van der Waals surface area contributed by atoms with Gasteiger partial charge in [0.15, 0.2) is 5.96 Å². The largest absolute Gasteiger partial charge is 0.493 e. The van der Waals surface area contributed by atoms with Crippen molar-refractivity contribution in [1.29, 1.82) is 0 Å². The lowest BCUT2D eigenvalue weighted by Gasteiger charge is -2.31. The Morgan fingerprint density at radius 3 is 2.77 bits per heavy atom. The number of nitrogens with zero attached hydrogens (tertiary/aromatic N) is 2. The molecule has 0 radical (unpaired) electrons. The van der Waals surface area contributed by atoms with Gasteiger partial charge in [-0.2, -0.15) is 0 Å². The SMILES string of the molecule is CCNC(=NCC(C)N1CCOCC1)NCCCOc1ccccc1C. The van der Waals surface area contributed by atoms with Crippen LogP contribution in [0.2, 0.25) is 0 Å². The highest BCUT2D eigenvalue weighted by atomic mass is 16.5. The van der Waals surface area contributed by atoms with Crippen molar-refractivity contribution in [3.05, 3.63) is 29.8 Å². The van der Waals surface area contributed by atoms with Crippen molar-refractivity contribution in [1.82, 2.24) is 15.5 Å². The number of aliphatic imine (C=N–C) groups is 1. The monoisotopic (exact) mass is 362 g/mol. The number of morpholine rings is 1. The van der Waals surface area contributed by atoms with Gasteiger partial charge in [0.1, 0.15) is 5.75 Å². The zero-order chi connectivity index (χ0) is 18.6. The van der Waals surface area contributed by atoms with Crippen LogP contribution in [-0.2, 0) is 4.74 Å². The number of aryl methyl sites for hydroxylation is 1. The van der Waals surface area contributed by atoms with E-state index in [-0.39, 0.29) is 0 Å². The van der Waals surface area contributed by atoms with Crippen molar-refractivity contribution in [3.8, 4) is 5.75 Å². The summed E-state index contributed by atoms with van der Waals surface area (Å²) in [4.78, 5) is 7.17. The van der Waals surface area contributed by atoms with E-state index < -0.39 is 0 Å². The van der Waals surface area contributed by atoms with Crippen LogP contribution >= 0.6 is 0 Å². The first-order valence-electron chi connectivity index (χ1n) is 9.73. The Labute approximate surface area is 158 Å². The van der Waals surface area contributed by atoms with E-state index >= 15 is 0 Å². The second kappa shape index (κ2) is 11.8. The molecule has 6 heteroatoms. The van der Waals surface area contributed by atoms with Crippen molar-refractivity contribution >= 4 is 5.96 Å². The summed E-state index contributed by atoms with van der Waals surface area (Å²) in [5.41, 5.74) is 1.17. The Morgan fingerprint density at radius 2 is 2.04 bits per heavy atom. The van der Waals surface area contributed by atoms with Crippen LogP contribution in [-0.4, -0.2) is 69.4 Å². The molecule has 146 valence electrons. The van der Waals surface area contributed by atoms with Gasteiger partial charge in [-0.15, -0.1) is 0 Å². The van der Waals surface area contributed by atoms with Gasteiger partial charge in [0.05, 0.1) is 26.4 Å². The second-order valence-corrected chi connectivity index (χ2v) is 6.61. The molecule has 2 N–H and O–H groups in total. The molecular formula is C20H34N4O2. The third-order valence-electron chi connectivity index (χ3n) is 4.49. The fraction of sp³-hybridized carbons (Fsp3) is 0.650. The number of hydrogen-bond donors (Lipinski definition) is 2. The minimum atomic E-state index is 0.429. The normalized spacial score (nSPS) is 17.0. The molecule has 0 amide bonds. The van der Waals surface area contributed by atoms with Gasteiger partial charge in [-0.3, -0.25) is 9.89 Å². The van der Waals surface area contributed by atoms with Gasteiger partial charge < -0.3 is 20.1 Å². The van der Waals surface area contributed by atoms with E-state index in [9.17, 15) is 0 Å². The van der Waals surface area contributed by atoms with Gasteiger partial charge in [-0.05, 0) is 38.8 Å². The Bertz CT molecular complexity index is 544. The number of nitrogens with one attached hydrogen (secondary N) is 2. The molecule has 1 saturated heterocycles. The zero-order valence-corrected chi connectivity index (χ0v) is 16.5. The van der Waals surface area contributed by atoms with Crippen LogP contribution in [0.4, 0.5) is 0 Å². The summed E-state index contributed by atoms with van der Waals surface area (Å²) in [5.74, 6) is 1.84. The topological polar surface area (TPSA) is 58.1 Å². The first-order valence-corrected chi connectivity index (χ1v) is 9.73. The van der Waals surface area contributed by atoms with Crippen molar-refractivity contribution in [2.24, 2.45) is 4.99 Å². The molecule has 1 fully saturated rings. The molecule has 2 rings (SSSR count). The Kier molecular flexibility index (Phi) is 9.28. The highest BCUT2D eigenvalue weighted by Gasteiger charge is 2.16. The molecule has 0 saturated carbocycles. The summed E-state index contributed by atoms with van der Waals surface area (Å²) >= 11 is 0. The van der Waals surface area contributed by atoms with Gasteiger partial charge >= 0.3 is 0 Å². The number of ether oxygens (including phenoxy) is 2. The van der Waals surface area contributed by atoms with E-state index in [0.29, 0.717) is 12.6 Å². The molecule has 1 unspecified atom stereocenters. The lowest BCUT2D eigenvalue weighted by molar-refractivity contribution is 0.0220. The van der Waals surface area contributed by atoms with E-state index in [4.69, 9.17) is 14.5 Å². The average Bonchev–Trinajstić information content (AvgIpc) is 2.67. The van der Waals surface area contributed by atoms with Gasteiger partial charge in [-0.25, -0.2) is 0 Å². The lowest BCUT2D eigenvalue weighted by atomic mass is 10.2. The van der Waals surface area contributed by atoms with Crippen molar-refractivity contribution in [2.75, 3.05) is 52.5 Å². The van der Waals surface area contributed by atoms with E-state index in [2.05, 4.69) is 42.4 Å². The van der Waals surface area contributed by atoms with Gasteiger partial charge in [-0.1, -0.05) is 18.2 Å². The third kappa shape index (κ3) is 7.22. The first kappa shape index (κ1) is 20.5. The number of rotatable bonds is 9. The van der Waals surface area contributed by atoms with Crippen molar-refractivity contribution < 1.29 is 9.47 Å². The molecule has 0 aromatic heterocycles. The summed E-state index contributed by atoms with van der Waals surface area (Å²) in [6, 6.07) is 8.55. The molecule has 26 heavy (non-hydrogen) atoms. The molecule has 1 heterocycles. The van der Waals surface area contributed by atoms with Gasteiger partial charge in [0, 0.05) is 32.2 Å². The van der Waals surface area contributed by atoms with Crippen molar-refractivity contribution in [2.45, 2.75) is 33.2 Å². The van der Waals surface area contributed by atoms with Crippen LogP contribution in [0.15, 0.2) is 29.3 Å². The van der Waals surface area contributed by atoms with Crippen LogP contribution in [0.5, 0.6) is 5.75 Å². The molecule has 1 aliphatic rings. The van der Waals surface area contributed by atoms with Crippen LogP contribution in [0, 0.1) is 6.92 Å². The van der Waals surface area contributed by atoms with E-state index in [1.807, 2.05) is 18.2 Å². The fourth-order valence-electron chi connectivity index (χ4n) is 2.88. The van der Waals surface area contributed by atoms with Crippen LogP contribution in [0.25, 0.3) is 0 Å². The molecule has 1 aliphatic heterocycles. The smallest absolute Gasteiger partial charge is 0.191 e. The number of para-hydroxylation sites is 1. The summed E-state index contributed by atoms with van der Waals surface area (Å²) < 4.78 is 11.3. The number of benzene rings is 1. The molecule has 0 aliphatic carbocycles. The third-order valence-corrected chi connectivity index (χ3v) is 4.49.